The maximum Gasteiger partial charge on any atom is 0.247 e. The van der Waals surface area contributed by atoms with Crippen LogP contribution in [0.4, 0.5) is 0 Å². The summed E-state index contributed by atoms with van der Waals surface area (Å²) in [6, 6.07) is 12.7. The highest BCUT2D eigenvalue weighted by atomic mass is 16.5. The molecule has 0 aliphatic carbocycles. The maximum atomic E-state index is 9.21. The van der Waals surface area contributed by atoms with E-state index in [0.717, 1.165) is 10.9 Å². The van der Waals surface area contributed by atoms with Gasteiger partial charge in [-0.15, -0.1) is 0 Å². The van der Waals surface area contributed by atoms with Crippen molar-refractivity contribution in [3.8, 4) is 17.7 Å². The van der Waals surface area contributed by atoms with Crippen molar-refractivity contribution >= 4 is 11.0 Å². The second-order valence-electron chi connectivity index (χ2n) is 4.66. The number of aromatic nitrogens is 1. The van der Waals surface area contributed by atoms with E-state index in [0.29, 0.717) is 17.2 Å². The number of hydrogen-bond donors (Lipinski definition) is 1. The quantitative estimate of drug-likeness (QED) is 0.792. The van der Waals surface area contributed by atoms with Gasteiger partial charge in [-0.1, -0.05) is 18.2 Å². The van der Waals surface area contributed by atoms with Crippen molar-refractivity contribution in [2.24, 2.45) is 5.73 Å². The molecule has 0 spiro atoms. The van der Waals surface area contributed by atoms with Crippen molar-refractivity contribution < 1.29 is 9.15 Å². The summed E-state index contributed by atoms with van der Waals surface area (Å²) in [4.78, 5) is 4.20. The largest absolute Gasteiger partial charge is 0.442 e. The van der Waals surface area contributed by atoms with Crippen LogP contribution in [0.3, 0.4) is 0 Å². The first kappa shape index (κ1) is 13.2. The first-order valence-corrected chi connectivity index (χ1v) is 6.50. The van der Waals surface area contributed by atoms with Crippen LogP contribution in [-0.4, -0.2) is 4.98 Å². The summed E-state index contributed by atoms with van der Waals surface area (Å²) in [5.41, 5.74) is 7.29. The Hall–Kier alpha value is -2.84. The van der Waals surface area contributed by atoms with Gasteiger partial charge >= 0.3 is 0 Å². The van der Waals surface area contributed by atoms with E-state index >= 15 is 0 Å². The summed E-state index contributed by atoms with van der Waals surface area (Å²) in [5.74, 6) is 0.877. The predicted molar refractivity (Wildman–Crippen MR) is 77.8 cm³/mol. The third-order valence-electron chi connectivity index (χ3n) is 3.14. The lowest BCUT2D eigenvalue weighted by Crippen LogP contribution is -2.07. The molecule has 2 heterocycles. The molecule has 3 aromatic rings. The zero-order valence-electron chi connectivity index (χ0n) is 11.4. The minimum Gasteiger partial charge on any atom is -0.442 e. The van der Waals surface area contributed by atoms with Gasteiger partial charge in [-0.25, -0.2) is 4.98 Å². The zero-order valence-corrected chi connectivity index (χ0v) is 11.4. The molecule has 0 fully saturated rings. The molecule has 0 radical (unpaired) electrons. The third kappa shape index (κ3) is 2.33. The van der Waals surface area contributed by atoms with Gasteiger partial charge in [0.1, 0.15) is 11.7 Å². The molecular weight excluding hydrogens is 266 g/mol. The van der Waals surface area contributed by atoms with Gasteiger partial charge in [0, 0.05) is 17.8 Å². The molecule has 0 unspecified atom stereocenters. The summed E-state index contributed by atoms with van der Waals surface area (Å²) in [7, 11) is 0. The van der Waals surface area contributed by atoms with Gasteiger partial charge in [-0.2, -0.15) is 5.26 Å². The Bertz CT molecular complexity index is 831. The average molecular weight is 279 g/mol. The van der Waals surface area contributed by atoms with E-state index in [1.165, 1.54) is 0 Å². The molecule has 1 atom stereocenters. The summed E-state index contributed by atoms with van der Waals surface area (Å²) >= 11 is 0. The van der Waals surface area contributed by atoms with Crippen molar-refractivity contribution in [1.29, 1.82) is 5.26 Å². The molecule has 21 heavy (non-hydrogen) atoms. The summed E-state index contributed by atoms with van der Waals surface area (Å²) < 4.78 is 11.3. The highest BCUT2D eigenvalue weighted by Crippen LogP contribution is 2.36. The number of fused-ring (bicyclic) bond motifs is 1. The molecule has 2 N–H and O–H groups in total. The number of rotatable bonds is 3. The Kier molecular flexibility index (Phi) is 3.30. The molecule has 2 aromatic heterocycles. The number of furan rings is 1. The first-order valence-electron chi connectivity index (χ1n) is 6.50. The molecule has 3 rings (SSSR count). The lowest BCUT2D eigenvalue weighted by Gasteiger charge is -2.11. The van der Waals surface area contributed by atoms with Gasteiger partial charge in [-0.05, 0) is 25.1 Å². The number of pyridine rings is 1. The Morgan fingerprint density at radius 2 is 2.10 bits per heavy atom. The minimum atomic E-state index is -0.225. The zero-order chi connectivity index (χ0) is 14.8. The third-order valence-corrected chi connectivity index (χ3v) is 3.14. The van der Waals surface area contributed by atoms with E-state index in [1.807, 2.05) is 37.3 Å². The van der Waals surface area contributed by atoms with Crippen LogP contribution >= 0.6 is 0 Å². The molecule has 0 saturated carbocycles. The van der Waals surface area contributed by atoms with Gasteiger partial charge < -0.3 is 14.9 Å². The van der Waals surface area contributed by atoms with Crippen LogP contribution in [-0.2, 0) is 0 Å². The molecule has 5 nitrogen and oxygen atoms in total. The van der Waals surface area contributed by atoms with Gasteiger partial charge in [0.05, 0.1) is 5.39 Å². The number of nitrogens with two attached hydrogens (primary N) is 1. The standard InChI is InChI=1S/C16H13N3O2/c1-10(18)11-6-4-8-19-16(11)21-15-12-5-2-3-7-13(12)20-14(15)9-17/h2-8,10H,18H2,1H3/t10-/m1/s1. The van der Waals surface area contributed by atoms with Crippen molar-refractivity contribution in [2.75, 3.05) is 0 Å². The van der Waals surface area contributed by atoms with Gasteiger partial charge in [0.2, 0.25) is 11.6 Å². The molecule has 0 aliphatic heterocycles. The van der Waals surface area contributed by atoms with E-state index in [4.69, 9.17) is 14.9 Å². The summed E-state index contributed by atoms with van der Waals surface area (Å²) in [6.45, 7) is 1.85. The van der Waals surface area contributed by atoms with Gasteiger partial charge in [0.25, 0.3) is 0 Å². The van der Waals surface area contributed by atoms with E-state index < -0.39 is 0 Å². The maximum absolute atomic E-state index is 9.21. The van der Waals surface area contributed by atoms with Gasteiger partial charge in [0.15, 0.2) is 5.75 Å². The van der Waals surface area contributed by atoms with Crippen molar-refractivity contribution in [2.45, 2.75) is 13.0 Å². The minimum absolute atomic E-state index is 0.123. The van der Waals surface area contributed by atoms with Gasteiger partial charge in [-0.3, -0.25) is 0 Å². The molecule has 104 valence electrons. The van der Waals surface area contributed by atoms with E-state index in [1.54, 1.807) is 18.3 Å². The second-order valence-corrected chi connectivity index (χ2v) is 4.66. The lowest BCUT2D eigenvalue weighted by atomic mass is 10.1. The van der Waals surface area contributed by atoms with Crippen LogP contribution in [0, 0.1) is 11.3 Å². The highest BCUT2D eigenvalue weighted by Gasteiger charge is 2.18. The molecule has 0 aliphatic rings. The number of para-hydroxylation sites is 1. The molecule has 0 bridgehead atoms. The number of nitrogens with zero attached hydrogens (tertiary/aromatic N) is 2. The van der Waals surface area contributed by atoms with Crippen LogP contribution in [0.2, 0.25) is 0 Å². The normalized spacial score (nSPS) is 12.0. The number of benzene rings is 1. The van der Waals surface area contributed by atoms with E-state index in [2.05, 4.69) is 4.98 Å². The molecule has 5 heteroatoms. The van der Waals surface area contributed by atoms with Crippen LogP contribution < -0.4 is 10.5 Å². The second kappa shape index (κ2) is 5.27. The van der Waals surface area contributed by atoms with Crippen LogP contribution in [0.5, 0.6) is 11.6 Å². The highest BCUT2D eigenvalue weighted by molar-refractivity contribution is 5.86. The number of nitriles is 1. The fourth-order valence-electron chi connectivity index (χ4n) is 2.13. The summed E-state index contributed by atoms with van der Waals surface area (Å²) in [6.07, 6.45) is 1.62. The Morgan fingerprint density at radius 1 is 1.29 bits per heavy atom. The number of hydrogen-bond acceptors (Lipinski definition) is 5. The van der Waals surface area contributed by atoms with Crippen LogP contribution in [0.25, 0.3) is 11.0 Å². The van der Waals surface area contributed by atoms with Crippen molar-refractivity contribution in [3.05, 3.63) is 53.9 Å². The lowest BCUT2D eigenvalue weighted by molar-refractivity contribution is 0.441. The van der Waals surface area contributed by atoms with Crippen molar-refractivity contribution in [1.82, 2.24) is 4.98 Å². The first-order chi connectivity index (χ1) is 10.2. The van der Waals surface area contributed by atoms with Crippen molar-refractivity contribution in [3.63, 3.8) is 0 Å². The molecule has 0 saturated heterocycles. The monoisotopic (exact) mass is 279 g/mol. The predicted octanol–water partition coefficient (Wildman–Crippen LogP) is 3.51. The average Bonchev–Trinajstić information content (AvgIpc) is 2.86. The molecule has 0 amide bonds. The van der Waals surface area contributed by atoms with E-state index in [9.17, 15) is 5.26 Å². The molecular formula is C16H13N3O2. The Labute approximate surface area is 121 Å². The summed E-state index contributed by atoms with van der Waals surface area (Å²) in [5, 5.41) is 9.94. The van der Waals surface area contributed by atoms with Crippen LogP contribution in [0.1, 0.15) is 24.3 Å². The molecule has 1 aromatic carbocycles. The SMILES string of the molecule is C[C@@H](N)c1cccnc1Oc1c(C#N)oc2ccccc12. The topological polar surface area (TPSA) is 85.1 Å². The number of ether oxygens (including phenoxy) is 1. The Balaban J connectivity index is 2.13. The fraction of sp³-hybridized carbons (Fsp3) is 0.125. The Morgan fingerprint density at radius 3 is 2.86 bits per heavy atom. The fourth-order valence-corrected chi connectivity index (χ4v) is 2.13. The van der Waals surface area contributed by atoms with Crippen LogP contribution in [0.15, 0.2) is 47.0 Å². The smallest absolute Gasteiger partial charge is 0.247 e. The van der Waals surface area contributed by atoms with E-state index in [-0.39, 0.29) is 11.8 Å².